The van der Waals surface area contributed by atoms with Gasteiger partial charge in [-0.15, -0.1) is 0 Å². The first-order chi connectivity index (χ1) is 6.10. The topological polar surface area (TPSA) is 37.3 Å². The second kappa shape index (κ2) is 3.79. The van der Waals surface area contributed by atoms with Gasteiger partial charge in [-0.3, -0.25) is 4.79 Å². The molecule has 3 atom stereocenters. The second-order valence-electron chi connectivity index (χ2n) is 4.11. The van der Waals surface area contributed by atoms with E-state index in [1.54, 1.807) is 0 Å². The summed E-state index contributed by atoms with van der Waals surface area (Å²) in [4.78, 5) is 10.6. The Kier molecular flexibility index (Phi) is 3.54. The largest absolute Gasteiger partial charge is 0.481 e. The van der Waals surface area contributed by atoms with Gasteiger partial charge in [0.1, 0.15) is 0 Å². The summed E-state index contributed by atoms with van der Waals surface area (Å²) in [7, 11) is 0. The van der Waals surface area contributed by atoms with Crippen LogP contribution < -0.4 is 0 Å². The average Bonchev–Trinajstić information content (AvgIpc) is 2.49. The predicted octanol–water partition coefficient (Wildman–Crippen LogP) is 3.63. The molecule has 1 rings (SSSR count). The van der Waals surface area contributed by atoms with Gasteiger partial charge in [-0.1, -0.05) is 53.0 Å². The highest BCUT2D eigenvalue weighted by Gasteiger charge is 2.67. The molecule has 6 heteroatoms. The summed E-state index contributed by atoms with van der Waals surface area (Å²) in [5, 5.41) is 8.95. The van der Waals surface area contributed by atoms with E-state index in [0.29, 0.717) is 0 Å². The molecule has 0 aromatic heterocycles. The number of halogens is 4. The Morgan fingerprint density at radius 2 is 2.00 bits per heavy atom. The lowest BCUT2D eigenvalue weighted by Gasteiger charge is -2.19. The molecule has 82 valence electrons. The van der Waals surface area contributed by atoms with Gasteiger partial charge >= 0.3 is 5.97 Å². The fourth-order valence-electron chi connectivity index (χ4n) is 1.90. The number of rotatable bonds is 3. The summed E-state index contributed by atoms with van der Waals surface area (Å²) in [6.45, 7) is 3.80. The van der Waals surface area contributed by atoms with Crippen LogP contribution in [0, 0.1) is 17.3 Å². The zero-order valence-corrected chi connectivity index (χ0v) is 12.3. The van der Waals surface area contributed by atoms with E-state index in [1.807, 2.05) is 13.8 Å². The number of aliphatic carboxylic acids is 1. The average molecular weight is 369 g/mol. The van der Waals surface area contributed by atoms with Crippen molar-refractivity contribution < 1.29 is 9.90 Å². The van der Waals surface area contributed by atoms with Crippen molar-refractivity contribution in [2.75, 3.05) is 0 Å². The molecule has 1 aliphatic carbocycles. The lowest BCUT2D eigenvalue weighted by atomic mass is 10.1. The van der Waals surface area contributed by atoms with Crippen molar-refractivity contribution in [2.45, 2.75) is 21.9 Å². The maximum atomic E-state index is 10.9. The van der Waals surface area contributed by atoms with Gasteiger partial charge in [-0.2, -0.15) is 0 Å². The van der Waals surface area contributed by atoms with Gasteiger partial charge in [0.2, 0.25) is 0 Å². The second-order valence-corrected chi connectivity index (χ2v) is 8.64. The van der Waals surface area contributed by atoms with Crippen molar-refractivity contribution in [3.63, 3.8) is 0 Å². The van der Waals surface area contributed by atoms with Crippen LogP contribution >= 0.6 is 55.1 Å². The van der Waals surface area contributed by atoms with Crippen molar-refractivity contribution in [3.8, 4) is 0 Å². The monoisotopic (exact) mass is 366 g/mol. The summed E-state index contributed by atoms with van der Waals surface area (Å²) >= 11 is 18.2. The van der Waals surface area contributed by atoms with Crippen molar-refractivity contribution in [3.05, 3.63) is 0 Å². The van der Waals surface area contributed by atoms with E-state index in [2.05, 4.69) is 31.9 Å². The fourth-order valence-corrected chi connectivity index (χ4v) is 3.44. The van der Waals surface area contributed by atoms with Gasteiger partial charge in [0.05, 0.1) is 10.7 Å². The van der Waals surface area contributed by atoms with Crippen LogP contribution in [0.25, 0.3) is 0 Å². The molecule has 0 bridgehead atoms. The number of carbonyl (C=O) groups is 1. The van der Waals surface area contributed by atoms with Gasteiger partial charge in [-0.25, -0.2) is 0 Å². The van der Waals surface area contributed by atoms with E-state index in [9.17, 15) is 4.79 Å². The Labute approximate surface area is 110 Å². The molecule has 1 fully saturated rings. The fraction of sp³-hybridized carbons (Fsp3) is 0.875. The highest BCUT2D eigenvalue weighted by Crippen LogP contribution is 2.64. The van der Waals surface area contributed by atoms with Crippen LogP contribution in [0.4, 0.5) is 0 Å². The Hall–Kier alpha value is 1.01. The van der Waals surface area contributed by atoms with Crippen molar-refractivity contribution in [2.24, 2.45) is 17.3 Å². The minimum Gasteiger partial charge on any atom is -0.481 e. The van der Waals surface area contributed by atoms with Crippen LogP contribution in [-0.2, 0) is 4.79 Å². The molecule has 1 unspecified atom stereocenters. The van der Waals surface area contributed by atoms with Crippen LogP contribution in [0.2, 0.25) is 0 Å². The predicted molar refractivity (Wildman–Crippen MR) is 64.5 cm³/mol. The van der Waals surface area contributed by atoms with Crippen LogP contribution in [0.15, 0.2) is 0 Å². The quantitative estimate of drug-likeness (QED) is 0.772. The maximum absolute atomic E-state index is 10.9. The summed E-state index contributed by atoms with van der Waals surface area (Å²) in [6, 6.07) is 0. The summed E-state index contributed by atoms with van der Waals surface area (Å²) in [5.41, 5.74) is -0.261. The minimum absolute atomic E-state index is 0.0608. The Morgan fingerprint density at radius 1 is 1.57 bits per heavy atom. The van der Waals surface area contributed by atoms with Gasteiger partial charge < -0.3 is 5.11 Å². The SMILES string of the molecule is CC1(C)[C@H](C(=O)O)[C@@H]1C(Br)C(Cl)(Cl)Br. The zero-order chi connectivity index (χ0) is 11.3. The van der Waals surface area contributed by atoms with Gasteiger partial charge in [0.15, 0.2) is 3.24 Å². The molecule has 0 saturated heterocycles. The van der Waals surface area contributed by atoms with E-state index >= 15 is 0 Å². The molecule has 0 aromatic carbocycles. The van der Waals surface area contributed by atoms with E-state index in [1.165, 1.54) is 0 Å². The van der Waals surface area contributed by atoms with E-state index in [0.717, 1.165) is 0 Å². The molecule has 0 spiro atoms. The lowest BCUT2D eigenvalue weighted by Crippen LogP contribution is -2.23. The number of hydrogen-bond acceptors (Lipinski definition) is 1. The first-order valence-corrected chi connectivity index (χ1v) is 6.50. The van der Waals surface area contributed by atoms with Gasteiger partial charge in [-0.05, 0) is 27.3 Å². The first kappa shape index (κ1) is 13.1. The molecule has 1 N–H and O–H groups in total. The summed E-state index contributed by atoms with van der Waals surface area (Å²) in [6.07, 6.45) is 0. The Bertz CT molecular complexity index is 263. The first-order valence-electron chi connectivity index (χ1n) is 4.03. The number of alkyl halides is 4. The van der Waals surface area contributed by atoms with Gasteiger partial charge in [0.25, 0.3) is 0 Å². The Balaban J connectivity index is 2.79. The molecule has 0 aliphatic heterocycles. The van der Waals surface area contributed by atoms with Crippen molar-refractivity contribution in [1.82, 2.24) is 0 Å². The molecule has 1 aliphatic rings. The van der Waals surface area contributed by atoms with Crippen LogP contribution in [-0.4, -0.2) is 19.1 Å². The molecule has 0 aromatic rings. The van der Waals surface area contributed by atoms with Gasteiger partial charge in [0, 0.05) is 0 Å². The third-order valence-electron chi connectivity index (χ3n) is 2.80. The number of carboxylic acids is 1. The summed E-state index contributed by atoms with van der Waals surface area (Å²) < 4.78 is -1.13. The molecule has 0 heterocycles. The van der Waals surface area contributed by atoms with E-state index < -0.39 is 9.21 Å². The molecule has 0 radical (unpaired) electrons. The molecule has 14 heavy (non-hydrogen) atoms. The number of hydrogen-bond donors (Lipinski definition) is 1. The Morgan fingerprint density at radius 3 is 2.21 bits per heavy atom. The number of carboxylic acid groups (broad SMARTS) is 1. The smallest absolute Gasteiger partial charge is 0.307 e. The van der Waals surface area contributed by atoms with E-state index in [4.69, 9.17) is 28.3 Å². The van der Waals surface area contributed by atoms with Crippen molar-refractivity contribution >= 4 is 61.0 Å². The molecule has 1 saturated carbocycles. The van der Waals surface area contributed by atoms with Crippen LogP contribution in [0.5, 0.6) is 0 Å². The highest BCUT2D eigenvalue weighted by atomic mass is 79.9. The standard InChI is InChI=1S/C8H10Br2Cl2O2/c1-7(2)3(4(7)6(13)14)5(9)8(10,11)12/h3-5H,1-2H3,(H,13,14)/t3-,4+,5?/m1/s1. The molecular formula is C8H10Br2Cl2O2. The molecule has 2 nitrogen and oxygen atoms in total. The normalized spacial score (nSPS) is 32.4. The summed E-state index contributed by atoms with van der Waals surface area (Å²) in [5.74, 6) is -1.25. The zero-order valence-electron chi connectivity index (χ0n) is 7.60. The van der Waals surface area contributed by atoms with Crippen LogP contribution in [0.3, 0.4) is 0 Å². The minimum atomic E-state index is -1.13. The molecule has 0 amide bonds. The van der Waals surface area contributed by atoms with Crippen molar-refractivity contribution in [1.29, 1.82) is 0 Å². The maximum Gasteiger partial charge on any atom is 0.307 e. The van der Waals surface area contributed by atoms with E-state index in [-0.39, 0.29) is 22.1 Å². The third-order valence-corrected chi connectivity index (χ3v) is 6.17. The van der Waals surface area contributed by atoms with Crippen LogP contribution in [0.1, 0.15) is 13.8 Å². The third kappa shape index (κ3) is 2.23. The highest BCUT2D eigenvalue weighted by molar-refractivity contribution is 9.13. The molecular weight excluding hydrogens is 359 g/mol. The lowest BCUT2D eigenvalue weighted by molar-refractivity contribution is -0.139.